The zero-order valence-electron chi connectivity index (χ0n) is 8.97. The molecule has 0 aromatic carbocycles. The Morgan fingerprint density at radius 2 is 2.07 bits per heavy atom. The SMILES string of the molecule is c1cnc(N2CC[C@H]3CCCC[C@@H]32)cn1. The Hall–Kier alpha value is -1.12. The van der Waals surface area contributed by atoms with E-state index in [0.29, 0.717) is 0 Å². The lowest BCUT2D eigenvalue weighted by Crippen LogP contribution is -2.35. The fourth-order valence-electron chi connectivity index (χ4n) is 3.13. The van der Waals surface area contributed by atoms with E-state index in [4.69, 9.17) is 0 Å². The maximum atomic E-state index is 4.42. The zero-order valence-corrected chi connectivity index (χ0v) is 8.97. The van der Waals surface area contributed by atoms with Crippen LogP contribution in [0.4, 0.5) is 5.82 Å². The molecule has 2 fully saturated rings. The van der Waals surface area contributed by atoms with Gasteiger partial charge in [-0.15, -0.1) is 0 Å². The molecule has 3 rings (SSSR count). The molecule has 0 amide bonds. The van der Waals surface area contributed by atoms with Gasteiger partial charge in [0.05, 0.1) is 6.20 Å². The molecule has 0 spiro atoms. The monoisotopic (exact) mass is 203 g/mol. The lowest BCUT2D eigenvalue weighted by Gasteiger charge is -2.32. The molecule has 80 valence electrons. The van der Waals surface area contributed by atoms with Crippen LogP contribution >= 0.6 is 0 Å². The van der Waals surface area contributed by atoms with Crippen LogP contribution in [0.15, 0.2) is 18.6 Å². The van der Waals surface area contributed by atoms with Gasteiger partial charge in [0.2, 0.25) is 0 Å². The van der Waals surface area contributed by atoms with Gasteiger partial charge in [-0.2, -0.15) is 0 Å². The fraction of sp³-hybridized carbons (Fsp3) is 0.667. The second kappa shape index (κ2) is 3.80. The largest absolute Gasteiger partial charge is 0.352 e. The summed E-state index contributed by atoms with van der Waals surface area (Å²) in [6.07, 6.45) is 12.4. The summed E-state index contributed by atoms with van der Waals surface area (Å²) in [4.78, 5) is 11.0. The molecule has 1 aromatic rings. The van der Waals surface area contributed by atoms with Crippen LogP contribution in [-0.2, 0) is 0 Å². The summed E-state index contributed by atoms with van der Waals surface area (Å²) >= 11 is 0. The Balaban J connectivity index is 1.82. The first kappa shape index (κ1) is 9.13. The minimum Gasteiger partial charge on any atom is -0.352 e. The van der Waals surface area contributed by atoms with Crippen molar-refractivity contribution in [2.24, 2.45) is 5.92 Å². The smallest absolute Gasteiger partial charge is 0.147 e. The normalized spacial score (nSPS) is 30.3. The minimum atomic E-state index is 0.746. The molecule has 0 radical (unpaired) electrons. The van der Waals surface area contributed by atoms with Gasteiger partial charge in [-0.1, -0.05) is 12.8 Å². The van der Waals surface area contributed by atoms with E-state index in [1.165, 1.54) is 38.6 Å². The lowest BCUT2D eigenvalue weighted by molar-refractivity contribution is 0.341. The van der Waals surface area contributed by atoms with Gasteiger partial charge in [-0.05, 0) is 25.2 Å². The van der Waals surface area contributed by atoms with Gasteiger partial charge in [-0.25, -0.2) is 4.98 Å². The maximum absolute atomic E-state index is 4.42. The summed E-state index contributed by atoms with van der Waals surface area (Å²) in [5.41, 5.74) is 0. The molecule has 0 bridgehead atoms. The van der Waals surface area contributed by atoms with Crippen LogP contribution in [0.5, 0.6) is 0 Å². The molecule has 1 saturated heterocycles. The second-order valence-electron chi connectivity index (χ2n) is 4.66. The van der Waals surface area contributed by atoms with E-state index < -0.39 is 0 Å². The number of aromatic nitrogens is 2. The molecule has 2 heterocycles. The molecule has 1 aromatic heterocycles. The lowest BCUT2D eigenvalue weighted by atomic mass is 9.85. The van der Waals surface area contributed by atoms with Gasteiger partial charge in [0.25, 0.3) is 0 Å². The van der Waals surface area contributed by atoms with Crippen LogP contribution < -0.4 is 4.90 Å². The topological polar surface area (TPSA) is 29.0 Å². The molecule has 1 aliphatic heterocycles. The van der Waals surface area contributed by atoms with Crippen molar-refractivity contribution >= 4 is 5.82 Å². The van der Waals surface area contributed by atoms with Gasteiger partial charge in [0, 0.05) is 25.0 Å². The van der Waals surface area contributed by atoms with Gasteiger partial charge in [0.1, 0.15) is 5.82 Å². The third kappa shape index (κ3) is 1.60. The van der Waals surface area contributed by atoms with Crippen LogP contribution in [0.25, 0.3) is 0 Å². The van der Waals surface area contributed by atoms with Crippen molar-refractivity contribution in [3.63, 3.8) is 0 Å². The van der Waals surface area contributed by atoms with E-state index in [0.717, 1.165) is 17.8 Å². The number of hydrogen-bond donors (Lipinski definition) is 0. The number of anilines is 1. The number of rotatable bonds is 1. The summed E-state index contributed by atoms with van der Waals surface area (Å²) < 4.78 is 0. The van der Waals surface area contributed by atoms with E-state index in [-0.39, 0.29) is 0 Å². The fourth-order valence-corrected chi connectivity index (χ4v) is 3.13. The Morgan fingerprint density at radius 1 is 1.13 bits per heavy atom. The molecule has 3 nitrogen and oxygen atoms in total. The third-order valence-electron chi connectivity index (χ3n) is 3.85. The predicted octanol–water partition coefficient (Wildman–Crippen LogP) is 2.25. The molecule has 2 atom stereocenters. The van der Waals surface area contributed by atoms with E-state index in [1.54, 1.807) is 12.4 Å². The molecule has 15 heavy (non-hydrogen) atoms. The van der Waals surface area contributed by atoms with Gasteiger partial charge in [0.15, 0.2) is 0 Å². The summed E-state index contributed by atoms with van der Waals surface area (Å²) in [5, 5.41) is 0. The van der Waals surface area contributed by atoms with Crippen molar-refractivity contribution in [2.45, 2.75) is 38.1 Å². The highest BCUT2D eigenvalue weighted by Gasteiger charge is 2.36. The number of hydrogen-bond acceptors (Lipinski definition) is 3. The van der Waals surface area contributed by atoms with Crippen molar-refractivity contribution in [1.29, 1.82) is 0 Å². The maximum Gasteiger partial charge on any atom is 0.147 e. The van der Waals surface area contributed by atoms with E-state index >= 15 is 0 Å². The summed E-state index contributed by atoms with van der Waals surface area (Å²) in [6, 6.07) is 0.746. The second-order valence-corrected chi connectivity index (χ2v) is 4.66. The Morgan fingerprint density at radius 3 is 2.93 bits per heavy atom. The Bertz CT molecular complexity index is 325. The highest BCUT2D eigenvalue weighted by Crippen LogP contribution is 2.37. The van der Waals surface area contributed by atoms with Crippen LogP contribution in [-0.4, -0.2) is 22.6 Å². The molecule has 1 aliphatic carbocycles. The van der Waals surface area contributed by atoms with Gasteiger partial charge in [-0.3, -0.25) is 4.98 Å². The van der Waals surface area contributed by atoms with E-state index in [1.807, 2.05) is 6.20 Å². The summed E-state index contributed by atoms with van der Waals surface area (Å²) in [7, 11) is 0. The van der Waals surface area contributed by atoms with Crippen LogP contribution in [0.2, 0.25) is 0 Å². The molecule has 0 N–H and O–H groups in total. The predicted molar refractivity (Wildman–Crippen MR) is 59.7 cm³/mol. The molecule has 1 saturated carbocycles. The first-order valence-electron chi connectivity index (χ1n) is 5.98. The molecule has 0 unspecified atom stereocenters. The van der Waals surface area contributed by atoms with Crippen molar-refractivity contribution in [2.75, 3.05) is 11.4 Å². The molecular formula is C12H17N3. The van der Waals surface area contributed by atoms with Gasteiger partial charge < -0.3 is 4.90 Å². The molecule has 3 heteroatoms. The summed E-state index contributed by atoms with van der Waals surface area (Å²) in [6.45, 7) is 1.17. The van der Waals surface area contributed by atoms with Crippen molar-refractivity contribution in [3.05, 3.63) is 18.6 Å². The summed E-state index contributed by atoms with van der Waals surface area (Å²) in [5.74, 6) is 1.99. The first-order chi connectivity index (χ1) is 7.45. The van der Waals surface area contributed by atoms with Crippen LogP contribution in [0.3, 0.4) is 0 Å². The van der Waals surface area contributed by atoms with E-state index in [9.17, 15) is 0 Å². The highest BCUT2D eigenvalue weighted by molar-refractivity contribution is 5.39. The minimum absolute atomic E-state index is 0.746. The average Bonchev–Trinajstić information content (AvgIpc) is 2.74. The zero-order chi connectivity index (χ0) is 10.1. The average molecular weight is 203 g/mol. The van der Waals surface area contributed by atoms with Crippen LogP contribution in [0.1, 0.15) is 32.1 Å². The third-order valence-corrected chi connectivity index (χ3v) is 3.85. The van der Waals surface area contributed by atoms with Crippen LogP contribution in [0, 0.1) is 5.92 Å². The standard InChI is InChI=1S/C12H17N3/c1-2-4-11-10(3-1)5-8-15(11)12-9-13-6-7-14-12/h6-7,9-11H,1-5,8H2/t10-,11+/m1/s1. The Kier molecular flexibility index (Phi) is 2.31. The highest BCUT2D eigenvalue weighted by atomic mass is 15.2. The Labute approximate surface area is 90.5 Å². The number of nitrogens with zero attached hydrogens (tertiary/aromatic N) is 3. The quantitative estimate of drug-likeness (QED) is 0.701. The molecular weight excluding hydrogens is 186 g/mol. The number of fused-ring (bicyclic) bond motifs is 1. The molecule has 2 aliphatic rings. The van der Waals surface area contributed by atoms with Crippen molar-refractivity contribution < 1.29 is 0 Å². The first-order valence-corrected chi connectivity index (χ1v) is 5.98. The van der Waals surface area contributed by atoms with Crippen molar-refractivity contribution in [1.82, 2.24) is 9.97 Å². The van der Waals surface area contributed by atoms with E-state index in [2.05, 4.69) is 14.9 Å². The van der Waals surface area contributed by atoms with Crippen molar-refractivity contribution in [3.8, 4) is 0 Å². The van der Waals surface area contributed by atoms with Gasteiger partial charge >= 0.3 is 0 Å².